The molecule has 0 saturated heterocycles. The molecule has 0 atom stereocenters. The Kier molecular flexibility index (Phi) is 3.77. The summed E-state index contributed by atoms with van der Waals surface area (Å²) in [5.74, 6) is 0.861. The van der Waals surface area contributed by atoms with E-state index in [0.29, 0.717) is 0 Å². The number of likely N-dealkylation sites (N-methyl/N-ethyl adjacent to an activating group) is 1. The summed E-state index contributed by atoms with van der Waals surface area (Å²) in [5.41, 5.74) is 2.76. The maximum Gasteiger partial charge on any atom is 0.130 e. The molecule has 0 aliphatic rings. The van der Waals surface area contributed by atoms with Gasteiger partial charge in [0.15, 0.2) is 0 Å². The highest BCUT2D eigenvalue weighted by Gasteiger charge is 2.04. The molecule has 4 nitrogen and oxygen atoms in total. The summed E-state index contributed by atoms with van der Waals surface area (Å²) >= 11 is 0. The van der Waals surface area contributed by atoms with Gasteiger partial charge in [0, 0.05) is 24.9 Å². The summed E-state index contributed by atoms with van der Waals surface area (Å²) in [6, 6.07) is 7.79. The van der Waals surface area contributed by atoms with E-state index in [2.05, 4.69) is 20.3 Å². The van der Waals surface area contributed by atoms with Crippen LogP contribution in [-0.2, 0) is 6.42 Å². The van der Waals surface area contributed by atoms with Gasteiger partial charge >= 0.3 is 0 Å². The predicted molar refractivity (Wildman–Crippen MR) is 67.6 cm³/mol. The molecule has 0 radical (unpaired) electrons. The molecule has 0 aromatic carbocycles. The normalized spacial score (nSPS) is 10.5. The Balaban J connectivity index is 2.32. The van der Waals surface area contributed by atoms with Gasteiger partial charge in [0.25, 0.3) is 0 Å². The van der Waals surface area contributed by atoms with Gasteiger partial charge in [-0.25, -0.2) is 9.97 Å². The Labute approximate surface area is 101 Å². The Morgan fingerprint density at radius 1 is 1.18 bits per heavy atom. The summed E-state index contributed by atoms with van der Waals surface area (Å²) in [6.07, 6.45) is 2.61. The zero-order valence-electron chi connectivity index (χ0n) is 10.1. The molecule has 0 aliphatic heterocycles. The topological polar surface area (TPSA) is 50.7 Å². The van der Waals surface area contributed by atoms with Crippen molar-refractivity contribution in [2.75, 3.05) is 13.6 Å². The molecule has 2 aromatic rings. The van der Waals surface area contributed by atoms with E-state index in [0.717, 1.165) is 35.9 Å². The van der Waals surface area contributed by atoms with Crippen molar-refractivity contribution in [1.82, 2.24) is 20.3 Å². The van der Waals surface area contributed by atoms with E-state index >= 15 is 0 Å². The first-order chi connectivity index (χ1) is 8.29. The van der Waals surface area contributed by atoms with Gasteiger partial charge in [-0.1, -0.05) is 6.07 Å². The molecule has 0 bridgehead atoms. The molecule has 17 heavy (non-hydrogen) atoms. The fraction of sp³-hybridized carbons (Fsp3) is 0.308. The average Bonchev–Trinajstić information content (AvgIpc) is 2.37. The molecule has 88 valence electrons. The smallest absolute Gasteiger partial charge is 0.130 e. The quantitative estimate of drug-likeness (QED) is 0.863. The first kappa shape index (κ1) is 11.7. The lowest BCUT2D eigenvalue weighted by Gasteiger charge is -2.05. The van der Waals surface area contributed by atoms with E-state index in [1.54, 1.807) is 6.20 Å². The van der Waals surface area contributed by atoms with Gasteiger partial charge in [-0.3, -0.25) is 4.98 Å². The Morgan fingerprint density at radius 2 is 2.06 bits per heavy atom. The van der Waals surface area contributed by atoms with E-state index in [4.69, 9.17) is 0 Å². The van der Waals surface area contributed by atoms with Crippen LogP contribution in [0.3, 0.4) is 0 Å². The van der Waals surface area contributed by atoms with E-state index in [1.165, 1.54) is 0 Å². The highest BCUT2D eigenvalue weighted by molar-refractivity contribution is 5.53. The second kappa shape index (κ2) is 5.50. The number of pyridine rings is 1. The molecule has 1 N–H and O–H groups in total. The first-order valence-electron chi connectivity index (χ1n) is 5.70. The first-order valence-corrected chi connectivity index (χ1v) is 5.70. The summed E-state index contributed by atoms with van der Waals surface area (Å²) in [5, 5.41) is 3.10. The second-order valence-corrected chi connectivity index (χ2v) is 3.88. The molecule has 0 fully saturated rings. The van der Waals surface area contributed by atoms with Crippen molar-refractivity contribution in [3.05, 3.63) is 42.0 Å². The van der Waals surface area contributed by atoms with Crippen molar-refractivity contribution in [1.29, 1.82) is 0 Å². The third-order valence-corrected chi connectivity index (χ3v) is 2.43. The summed E-state index contributed by atoms with van der Waals surface area (Å²) in [7, 11) is 1.93. The Morgan fingerprint density at radius 3 is 2.76 bits per heavy atom. The van der Waals surface area contributed by atoms with Crippen molar-refractivity contribution >= 4 is 0 Å². The van der Waals surface area contributed by atoms with Crippen LogP contribution in [0.15, 0.2) is 30.5 Å². The molecule has 2 aromatic heterocycles. The fourth-order valence-electron chi connectivity index (χ4n) is 1.62. The molecular weight excluding hydrogens is 212 g/mol. The van der Waals surface area contributed by atoms with Crippen molar-refractivity contribution in [2.24, 2.45) is 0 Å². The minimum atomic E-state index is 0.831. The molecule has 0 unspecified atom stereocenters. The van der Waals surface area contributed by atoms with Crippen molar-refractivity contribution in [2.45, 2.75) is 13.3 Å². The van der Waals surface area contributed by atoms with Gasteiger partial charge < -0.3 is 5.32 Å². The Hall–Kier alpha value is -1.81. The number of hydrogen-bond donors (Lipinski definition) is 1. The Bertz CT molecular complexity index is 482. The van der Waals surface area contributed by atoms with Gasteiger partial charge in [-0.2, -0.15) is 0 Å². The van der Waals surface area contributed by atoms with Crippen LogP contribution < -0.4 is 5.32 Å². The third-order valence-electron chi connectivity index (χ3n) is 2.43. The number of aryl methyl sites for hydroxylation is 1. The highest BCUT2D eigenvalue weighted by Crippen LogP contribution is 2.14. The molecule has 0 amide bonds. The van der Waals surface area contributed by atoms with Crippen LogP contribution in [-0.4, -0.2) is 28.5 Å². The van der Waals surface area contributed by atoms with Crippen LogP contribution in [0.25, 0.3) is 11.4 Å². The number of aromatic nitrogens is 3. The number of nitrogens with zero attached hydrogens (tertiary/aromatic N) is 3. The van der Waals surface area contributed by atoms with Crippen LogP contribution in [0.1, 0.15) is 11.5 Å². The van der Waals surface area contributed by atoms with Gasteiger partial charge in [0.2, 0.25) is 0 Å². The molecule has 4 heteroatoms. The van der Waals surface area contributed by atoms with Gasteiger partial charge in [-0.15, -0.1) is 0 Å². The molecule has 0 spiro atoms. The second-order valence-electron chi connectivity index (χ2n) is 3.88. The standard InChI is InChI=1S/C13H16N4/c1-10-9-12(11-5-3-4-7-15-11)17-13(16-10)6-8-14-2/h3-5,7,9,14H,6,8H2,1-2H3. The van der Waals surface area contributed by atoms with Crippen LogP contribution in [0.2, 0.25) is 0 Å². The highest BCUT2D eigenvalue weighted by atomic mass is 14.9. The number of hydrogen-bond acceptors (Lipinski definition) is 4. The molecule has 2 heterocycles. The molecular formula is C13H16N4. The fourth-order valence-corrected chi connectivity index (χ4v) is 1.62. The zero-order chi connectivity index (χ0) is 12.1. The summed E-state index contributed by atoms with van der Waals surface area (Å²) in [4.78, 5) is 13.3. The van der Waals surface area contributed by atoms with Crippen molar-refractivity contribution < 1.29 is 0 Å². The molecule has 0 saturated carbocycles. The zero-order valence-corrected chi connectivity index (χ0v) is 10.1. The lowest BCUT2D eigenvalue weighted by Crippen LogP contribution is -2.13. The maximum absolute atomic E-state index is 4.53. The van der Waals surface area contributed by atoms with E-state index in [-0.39, 0.29) is 0 Å². The van der Waals surface area contributed by atoms with Crippen LogP contribution >= 0.6 is 0 Å². The van der Waals surface area contributed by atoms with Gasteiger partial charge in [0.05, 0.1) is 11.4 Å². The van der Waals surface area contributed by atoms with Gasteiger partial charge in [-0.05, 0) is 32.2 Å². The number of rotatable bonds is 4. The lowest BCUT2D eigenvalue weighted by molar-refractivity contribution is 0.752. The minimum Gasteiger partial charge on any atom is -0.319 e. The van der Waals surface area contributed by atoms with E-state index in [9.17, 15) is 0 Å². The largest absolute Gasteiger partial charge is 0.319 e. The van der Waals surface area contributed by atoms with Crippen LogP contribution in [0.5, 0.6) is 0 Å². The SMILES string of the molecule is CNCCc1nc(C)cc(-c2ccccn2)n1. The monoisotopic (exact) mass is 228 g/mol. The minimum absolute atomic E-state index is 0.831. The molecule has 2 rings (SSSR count). The van der Waals surface area contributed by atoms with Crippen LogP contribution in [0.4, 0.5) is 0 Å². The predicted octanol–water partition coefficient (Wildman–Crippen LogP) is 1.61. The average molecular weight is 228 g/mol. The number of nitrogens with one attached hydrogen (secondary N) is 1. The van der Waals surface area contributed by atoms with Crippen LogP contribution in [0, 0.1) is 6.92 Å². The van der Waals surface area contributed by atoms with Gasteiger partial charge in [0.1, 0.15) is 5.82 Å². The van der Waals surface area contributed by atoms with E-state index in [1.807, 2.05) is 38.2 Å². The maximum atomic E-state index is 4.53. The lowest BCUT2D eigenvalue weighted by atomic mass is 10.2. The summed E-state index contributed by atoms with van der Waals surface area (Å²) < 4.78 is 0. The van der Waals surface area contributed by atoms with Crippen molar-refractivity contribution in [3.63, 3.8) is 0 Å². The third kappa shape index (κ3) is 3.07. The van der Waals surface area contributed by atoms with Crippen molar-refractivity contribution in [3.8, 4) is 11.4 Å². The summed E-state index contributed by atoms with van der Waals surface area (Å²) in [6.45, 7) is 2.86. The molecule has 0 aliphatic carbocycles. The van der Waals surface area contributed by atoms with E-state index < -0.39 is 0 Å².